The predicted octanol–water partition coefficient (Wildman–Crippen LogP) is 1.31. The molecule has 1 aliphatic heterocycles. The van der Waals surface area contributed by atoms with Crippen molar-refractivity contribution in [3.63, 3.8) is 0 Å². The van der Waals surface area contributed by atoms with Gasteiger partial charge in [-0.1, -0.05) is 0 Å². The third-order valence-corrected chi connectivity index (χ3v) is 4.78. The minimum atomic E-state index is -1.04. The quantitative estimate of drug-likeness (QED) is 0.911. The number of nitrogens with one attached hydrogen (secondary N) is 1. The first kappa shape index (κ1) is 14.6. The van der Waals surface area contributed by atoms with Gasteiger partial charge in [0.1, 0.15) is 23.3 Å². The molecule has 114 valence electrons. The monoisotopic (exact) mass is 314 g/mol. The van der Waals surface area contributed by atoms with E-state index in [2.05, 4.69) is 5.32 Å². The van der Waals surface area contributed by atoms with E-state index < -0.39 is 34.1 Å². The van der Waals surface area contributed by atoms with E-state index in [4.69, 9.17) is 0 Å². The van der Waals surface area contributed by atoms with Crippen LogP contribution >= 0.6 is 0 Å². The Bertz CT molecular complexity index is 619. The molecule has 2 unspecified atom stereocenters. The molecule has 2 aliphatic rings. The number of nitrogens with zero attached hydrogens (tertiary/aromatic N) is 1. The molecule has 1 spiro atoms. The van der Waals surface area contributed by atoms with Crippen molar-refractivity contribution in [3.05, 3.63) is 35.4 Å². The molecule has 0 bridgehead atoms. The summed E-state index contributed by atoms with van der Waals surface area (Å²) in [5, 5.41) is 3.16. The van der Waals surface area contributed by atoms with Crippen LogP contribution in [-0.4, -0.2) is 39.1 Å². The molecule has 1 amide bonds. The Balaban J connectivity index is 1.90. The number of carbonyl (C=O) groups is 1. The van der Waals surface area contributed by atoms with Crippen LogP contribution in [0.25, 0.3) is 0 Å². The van der Waals surface area contributed by atoms with E-state index in [1.54, 1.807) is 6.26 Å². The fraction of sp³-hybridized carbons (Fsp3) is 0.500. The molecule has 1 N–H and O–H groups in total. The zero-order valence-corrected chi connectivity index (χ0v) is 12.4. The second-order valence-electron chi connectivity index (χ2n) is 5.57. The molecule has 4 nitrogen and oxygen atoms in total. The second-order valence-corrected chi connectivity index (χ2v) is 7.13. The fourth-order valence-electron chi connectivity index (χ4n) is 2.70. The lowest BCUT2D eigenvalue weighted by Gasteiger charge is -2.24. The van der Waals surface area contributed by atoms with Gasteiger partial charge in [-0.05, 0) is 25.0 Å². The standard InChI is InChI=1S/C14H16F2N2O2S/c1-21(20)7-6-18-12(17-14(4-5-14)13(18)19)10-3-2-9(15)8-11(10)16/h2-3,8,12,17H,4-7H2,1H3. The summed E-state index contributed by atoms with van der Waals surface area (Å²) in [5.74, 6) is -1.08. The van der Waals surface area contributed by atoms with E-state index in [0.29, 0.717) is 5.75 Å². The zero-order chi connectivity index (χ0) is 15.2. The Morgan fingerprint density at radius 1 is 1.43 bits per heavy atom. The van der Waals surface area contributed by atoms with Gasteiger partial charge in [0.2, 0.25) is 5.91 Å². The molecular weight excluding hydrogens is 298 g/mol. The maximum absolute atomic E-state index is 14.0. The van der Waals surface area contributed by atoms with Gasteiger partial charge in [-0.2, -0.15) is 0 Å². The summed E-state index contributed by atoms with van der Waals surface area (Å²) in [4.78, 5) is 14.0. The third-order valence-electron chi connectivity index (χ3n) is 4.02. The highest BCUT2D eigenvalue weighted by Gasteiger charge is 2.59. The van der Waals surface area contributed by atoms with Crippen LogP contribution in [0.4, 0.5) is 8.78 Å². The molecule has 1 saturated carbocycles. The normalized spacial score (nSPS) is 24.6. The third kappa shape index (κ3) is 2.60. The van der Waals surface area contributed by atoms with Gasteiger partial charge in [-0.25, -0.2) is 8.78 Å². The average Bonchev–Trinajstić information content (AvgIpc) is 3.12. The molecule has 3 rings (SSSR count). The summed E-state index contributed by atoms with van der Waals surface area (Å²) >= 11 is 0. The van der Waals surface area contributed by atoms with Gasteiger partial charge in [0.05, 0.1) is 0 Å². The number of benzene rings is 1. The van der Waals surface area contributed by atoms with Crippen molar-refractivity contribution in [1.29, 1.82) is 0 Å². The van der Waals surface area contributed by atoms with Crippen molar-refractivity contribution in [1.82, 2.24) is 10.2 Å². The van der Waals surface area contributed by atoms with Gasteiger partial charge in [-0.15, -0.1) is 0 Å². The maximum atomic E-state index is 14.0. The number of hydrogen-bond donors (Lipinski definition) is 1. The SMILES string of the molecule is CS(=O)CCN1C(=O)C2(CC2)NC1c1ccc(F)cc1F. The van der Waals surface area contributed by atoms with E-state index in [1.807, 2.05) is 0 Å². The smallest absolute Gasteiger partial charge is 0.244 e. The molecule has 1 aromatic carbocycles. The molecule has 0 radical (unpaired) electrons. The number of halogens is 2. The number of carbonyl (C=O) groups excluding carboxylic acids is 1. The number of rotatable bonds is 4. The Labute approximate surface area is 124 Å². The first-order chi connectivity index (χ1) is 9.93. The summed E-state index contributed by atoms with van der Waals surface area (Å²) in [7, 11) is -1.04. The van der Waals surface area contributed by atoms with Gasteiger partial charge < -0.3 is 4.90 Å². The fourth-order valence-corrected chi connectivity index (χ4v) is 3.16. The van der Waals surface area contributed by atoms with E-state index >= 15 is 0 Å². The second kappa shape index (κ2) is 5.14. The summed E-state index contributed by atoms with van der Waals surface area (Å²) in [6, 6.07) is 3.35. The van der Waals surface area contributed by atoms with Crippen molar-refractivity contribution in [3.8, 4) is 0 Å². The van der Waals surface area contributed by atoms with E-state index in [-0.39, 0.29) is 18.0 Å². The summed E-state index contributed by atoms with van der Waals surface area (Å²) < 4.78 is 38.3. The lowest BCUT2D eigenvalue weighted by atomic mass is 10.1. The van der Waals surface area contributed by atoms with Crippen LogP contribution in [0.1, 0.15) is 24.6 Å². The molecule has 1 aliphatic carbocycles. The Hall–Kier alpha value is -1.34. The summed E-state index contributed by atoms with van der Waals surface area (Å²) in [5.41, 5.74) is -0.351. The molecule has 1 aromatic rings. The maximum Gasteiger partial charge on any atom is 0.244 e. The zero-order valence-electron chi connectivity index (χ0n) is 11.6. The first-order valence-corrected chi connectivity index (χ1v) is 8.49. The van der Waals surface area contributed by atoms with E-state index in [0.717, 1.165) is 18.9 Å². The van der Waals surface area contributed by atoms with Crippen LogP contribution in [0, 0.1) is 11.6 Å². The Morgan fingerprint density at radius 2 is 2.14 bits per heavy atom. The van der Waals surface area contributed by atoms with Crippen LogP contribution in [0.3, 0.4) is 0 Å². The summed E-state index contributed by atoms with van der Waals surface area (Å²) in [6.07, 6.45) is 2.38. The van der Waals surface area contributed by atoms with Gasteiger partial charge in [0, 0.05) is 41.0 Å². The van der Waals surface area contributed by atoms with Crippen LogP contribution in [0.15, 0.2) is 18.2 Å². The van der Waals surface area contributed by atoms with Crippen molar-refractivity contribution >= 4 is 16.7 Å². The summed E-state index contributed by atoms with van der Waals surface area (Å²) in [6.45, 7) is 0.290. The topological polar surface area (TPSA) is 49.4 Å². The van der Waals surface area contributed by atoms with Crippen molar-refractivity contribution in [2.45, 2.75) is 24.5 Å². The lowest BCUT2D eigenvalue weighted by molar-refractivity contribution is -0.130. The van der Waals surface area contributed by atoms with Crippen molar-refractivity contribution in [2.24, 2.45) is 0 Å². The van der Waals surface area contributed by atoms with Gasteiger partial charge >= 0.3 is 0 Å². The van der Waals surface area contributed by atoms with Gasteiger partial charge in [0.15, 0.2) is 0 Å². The Kier molecular flexibility index (Phi) is 3.57. The van der Waals surface area contributed by atoms with E-state index in [9.17, 15) is 17.8 Å². The highest BCUT2D eigenvalue weighted by atomic mass is 32.2. The van der Waals surface area contributed by atoms with Crippen LogP contribution in [0.5, 0.6) is 0 Å². The minimum absolute atomic E-state index is 0.0818. The van der Waals surface area contributed by atoms with Gasteiger partial charge in [-0.3, -0.25) is 14.3 Å². The van der Waals surface area contributed by atoms with Crippen LogP contribution < -0.4 is 5.32 Å². The molecule has 2 fully saturated rings. The van der Waals surface area contributed by atoms with Crippen LogP contribution in [0.2, 0.25) is 0 Å². The molecule has 21 heavy (non-hydrogen) atoms. The van der Waals surface area contributed by atoms with Crippen LogP contribution in [-0.2, 0) is 15.6 Å². The van der Waals surface area contributed by atoms with Gasteiger partial charge in [0.25, 0.3) is 0 Å². The molecule has 1 saturated heterocycles. The molecule has 7 heteroatoms. The largest absolute Gasteiger partial charge is 0.320 e. The number of amides is 1. The molecule has 0 aromatic heterocycles. The first-order valence-electron chi connectivity index (χ1n) is 6.77. The molecule has 2 atom stereocenters. The predicted molar refractivity (Wildman–Crippen MR) is 74.8 cm³/mol. The average molecular weight is 314 g/mol. The van der Waals surface area contributed by atoms with Crippen molar-refractivity contribution in [2.75, 3.05) is 18.6 Å². The number of hydrogen-bond acceptors (Lipinski definition) is 3. The van der Waals surface area contributed by atoms with E-state index in [1.165, 1.54) is 17.0 Å². The lowest BCUT2D eigenvalue weighted by Crippen LogP contribution is -2.35. The highest BCUT2D eigenvalue weighted by Crippen LogP contribution is 2.46. The minimum Gasteiger partial charge on any atom is -0.320 e. The molecule has 1 heterocycles. The Morgan fingerprint density at radius 3 is 2.71 bits per heavy atom. The van der Waals surface area contributed by atoms with Crippen molar-refractivity contribution < 1.29 is 17.8 Å². The highest BCUT2D eigenvalue weighted by molar-refractivity contribution is 7.84. The molecular formula is C14H16F2N2O2S.